The number of amides is 1. The molecule has 1 amide bonds. The molecule has 3 heterocycles. The number of aliphatic hydroxyl groups is 1. The highest BCUT2D eigenvalue weighted by atomic mass is 32.1. The van der Waals surface area contributed by atoms with E-state index in [1.54, 1.807) is 18.2 Å². The van der Waals surface area contributed by atoms with Gasteiger partial charge in [0.1, 0.15) is 15.5 Å². The first-order valence-electron chi connectivity index (χ1n) is 12.3. The second kappa shape index (κ2) is 11.2. The Morgan fingerprint density at radius 2 is 2.03 bits per heavy atom. The molecule has 0 bridgehead atoms. The predicted octanol–water partition coefficient (Wildman–Crippen LogP) is 2.79. The quantitative estimate of drug-likeness (QED) is 0.278. The number of carboxylic acid groups (broad SMARTS) is 1. The van der Waals surface area contributed by atoms with Crippen LogP contribution < -0.4 is 21.7 Å². The lowest BCUT2D eigenvalue weighted by atomic mass is 10.0. The topological polar surface area (TPSA) is 155 Å². The van der Waals surface area contributed by atoms with Crippen LogP contribution in [0.1, 0.15) is 57.3 Å². The minimum atomic E-state index is -1.02. The number of carboxylic acids is 1. The zero-order valence-electron chi connectivity index (χ0n) is 20.4. The second-order valence-corrected chi connectivity index (χ2v) is 10.3. The summed E-state index contributed by atoms with van der Waals surface area (Å²) in [7, 11) is 0. The van der Waals surface area contributed by atoms with Gasteiger partial charge in [0.15, 0.2) is 0 Å². The number of nitrogens with one attached hydrogen (secondary N) is 1. The fourth-order valence-corrected chi connectivity index (χ4v) is 5.76. The number of nitrogen functional groups attached to an aromatic ring is 1. The number of anilines is 2. The maximum atomic E-state index is 11.6. The van der Waals surface area contributed by atoms with Crippen molar-refractivity contribution in [3.05, 3.63) is 51.9 Å². The van der Waals surface area contributed by atoms with Gasteiger partial charge in [-0.3, -0.25) is 4.79 Å². The Kier molecular flexibility index (Phi) is 8.07. The molecule has 1 saturated heterocycles. The summed E-state index contributed by atoms with van der Waals surface area (Å²) in [4.78, 5) is 30.8. The lowest BCUT2D eigenvalue weighted by Gasteiger charge is -2.34. The molecule has 0 spiro atoms. The van der Waals surface area contributed by atoms with E-state index in [9.17, 15) is 19.8 Å². The molecule has 36 heavy (non-hydrogen) atoms. The van der Waals surface area contributed by atoms with Gasteiger partial charge in [0.25, 0.3) is 0 Å². The third-order valence-corrected chi connectivity index (χ3v) is 7.71. The third-order valence-electron chi connectivity index (χ3n) is 6.62. The molecule has 10 heteroatoms. The lowest BCUT2D eigenvalue weighted by Crippen LogP contribution is -2.45. The predicted molar refractivity (Wildman–Crippen MR) is 143 cm³/mol. The van der Waals surface area contributed by atoms with Crippen LogP contribution >= 0.6 is 11.3 Å². The highest BCUT2D eigenvalue weighted by Gasteiger charge is 2.24. The minimum Gasteiger partial charge on any atom is -0.477 e. The summed E-state index contributed by atoms with van der Waals surface area (Å²) >= 11 is 1.14. The first kappa shape index (κ1) is 25.9. The van der Waals surface area contributed by atoms with E-state index >= 15 is 0 Å². The number of aromatic carboxylic acids is 1. The fourth-order valence-electron chi connectivity index (χ4n) is 4.78. The largest absolute Gasteiger partial charge is 0.477 e. The smallest absolute Gasteiger partial charge is 0.348 e. The van der Waals surface area contributed by atoms with E-state index in [1.807, 2.05) is 6.07 Å². The van der Waals surface area contributed by atoms with E-state index in [2.05, 4.69) is 23.2 Å². The molecule has 1 fully saturated rings. The first-order valence-corrected chi connectivity index (χ1v) is 13.1. The Bertz CT molecular complexity index is 1250. The van der Waals surface area contributed by atoms with Crippen molar-refractivity contribution in [1.29, 1.82) is 0 Å². The van der Waals surface area contributed by atoms with Crippen molar-refractivity contribution < 1.29 is 19.8 Å². The van der Waals surface area contributed by atoms with Crippen molar-refractivity contribution in [3.63, 3.8) is 0 Å². The van der Waals surface area contributed by atoms with E-state index in [-0.39, 0.29) is 10.9 Å². The number of aromatic nitrogens is 1. The van der Waals surface area contributed by atoms with Crippen LogP contribution in [0, 0.1) is 0 Å². The average molecular weight is 512 g/mol. The van der Waals surface area contributed by atoms with E-state index < -0.39 is 18.0 Å². The number of nitrogens with two attached hydrogens (primary N) is 2. The summed E-state index contributed by atoms with van der Waals surface area (Å²) in [6, 6.07) is 9.38. The second-order valence-electron chi connectivity index (χ2n) is 9.31. The molecule has 192 valence electrons. The van der Waals surface area contributed by atoms with Crippen LogP contribution in [0.4, 0.5) is 11.5 Å². The lowest BCUT2D eigenvalue weighted by molar-refractivity contribution is 0.0703. The van der Waals surface area contributed by atoms with E-state index in [0.29, 0.717) is 29.0 Å². The van der Waals surface area contributed by atoms with Crippen LogP contribution in [0.25, 0.3) is 10.2 Å². The highest BCUT2D eigenvalue weighted by molar-refractivity contribution is 7.21. The highest BCUT2D eigenvalue weighted by Crippen LogP contribution is 2.37. The van der Waals surface area contributed by atoms with Crippen molar-refractivity contribution in [2.75, 3.05) is 30.3 Å². The van der Waals surface area contributed by atoms with E-state index in [0.717, 1.165) is 72.4 Å². The van der Waals surface area contributed by atoms with Gasteiger partial charge in [-0.2, -0.15) is 0 Å². The number of rotatable bonds is 10. The number of aliphatic hydroxyl groups excluding tert-OH is 1. The average Bonchev–Trinajstić information content (AvgIpc) is 3.20. The molecular formula is C26H33N5O4S. The summed E-state index contributed by atoms with van der Waals surface area (Å²) in [6.45, 7) is 4.17. The van der Waals surface area contributed by atoms with Crippen LogP contribution in [-0.2, 0) is 12.8 Å². The molecule has 3 aromatic rings. The monoisotopic (exact) mass is 511 g/mol. The van der Waals surface area contributed by atoms with Crippen molar-refractivity contribution in [2.45, 2.75) is 51.2 Å². The number of carbonyl (C=O) groups is 2. The molecule has 0 aliphatic carbocycles. The number of nitrogens with zero attached hydrogens (tertiary/aromatic N) is 2. The van der Waals surface area contributed by atoms with Gasteiger partial charge in [0.05, 0.1) is 11.8 Å². The number of thiophene rings is 1. The Labute approximate surface area is 214 Å². The summed E-state index contributed by atoms with van der Waals surface area (Å²) in [5, 5.41) is 24.2. The zero-order valence-corrected chi connectivity index (χ0v) is 21.2. The third kappa shape index (κ3) is 5.77. The van der Waals surface area contributed by atoms with Gasteiger partial charge in [-0.15, -0.1) is 11.3 Å². The Morgan fingerprint density at radius 1 is 1.28 bits per heavy atom. The van der Waals surface area contributed by atoms with Crippen molar-refractivity contribution in [3.8, 4) is 0 Å². The van der Waals surface area contributed by atoms with Gasteiger partial charge in [-0.1, -0.05) is 25.5 Å². The van der Waals surface area contributed by atoms with Crippen LogP contribution in [0.3, 0.4) is 0 Å². The van der Waals surface area contributed by atoms with E-state index in [4.69, 9.17) is 16.5 Å². The molecule has 2 aromatic heterocycles. The molecule has 1 aliphatic rings. The SMILES string of the molecule is CCCc1cc(N2CCC(NCC(O)Cc3cccc(C(N)=O)c3)CC2)nc2sc(C(=O)O)c(N)c12. The number of benzene rings is 1. The number of hydrogen-bond acceptors (Lipinski definition) is 8. The molecule has 0 radical (unpaired) electrons. The van der Waals surface area contributed by atoms with Gasteiger partial charge >= 0.3 is 5.97 Å². The number of aryl methyl sites for hydroxylation is 1. The summed E-state index contributed by atoms with van der Waals surface area (Å²) in [5.74, 6) is -0.636. The van der Waals surface area contributed by atoms with Crippen molar-refractivity contribution in [1.82, 2.24) is 10.3 Å². The zero-order chi connectivity index (χ0) is 25.8. The molecule has 4 rings (SSSR count). The maximum absolute atomic E-state index is 11.6. The number of carbonyl (C=O) groups excluding carboxylic acids is 1. The first-order chi connectivity index (χ1) is 17.3. The van der Waals surface area contributed by atoms with Crippen LogP contribution in [0.5, 0.6) is 0 Å². The van der Waals surface area contributed by atoms with Crippen LogP contribution in [0.15, 0.2) is 30.3 Å². The normalized spacial score (nSPS) is 15.3. The number of primary amides is 1. The number of hydrogen-bond donors (Lipinski definition) is 5. The van der Waals surface area contributed by atoms with Gasteiger partial charge in [-0.25, -0.2) is 9.78 Å². The van der Waals surface area contributed by atoms with Crippen LogP contribution in [-0.4, -0.2) is 58.9 Å². The van der Waals surface area contributed by atoms with Gasteiger partial charge < -0.3 is 31.9 Å². The van der Waals surface area contributed by atoms with Gasteiger partial charge in [0.2, 0.25) is 5.91 Å². The van der Waals surface area contributed by atoms with E-state index in [1.165, 1.54) is 0 Å². The van der Waals surface area contributed by atoms with Gasteiger partial charge in [-0.05, 0) is 55.0 Å². The molecule has 9 nitrogen and oxygen atoms in total. The number of pyridine rings is 1. The Hall–Kier alpha value is -3.21. The minimum absolute atomic E-state index is 0.148. The maximum Gasteiger partial charge on any atom is 0.348 e. The van der Waals surface area contributed by atoms with Crippen molar-refractivity contribution >= 4 is 44.9 Å². The van der Waals surface area contributed by atoms with Crippen molar-refractivity contribution in [2.24, 2.45) is 5.73 Å². The number of piperidine rings is 1. The molecule has 1 unspecified atom stereocenters. The molecule has 1 aromatic carbocycles. The number of fused-ring (bicyclic) bond motifs is 1. The molecule has 0 saturated carbocycles. The standard InChI is InChI=1S/C26H33N5O4S/c1-2-4-16-13-20(30-25-21(16)22(27)23(36-25)26(34)35)31-9-7-18(8-10-31)29-14-19(32)12-15-5-3-6-17(11-15)24(28)33/h3,5-6,11,13,18-19,29,32H,2,4,7-10,12,14,27H2,1H3,(H2,28,33)(H,34,35). The molecule has 1 aliphatic heterocycles. The molecule has 7 N–H and O–H groups in total. The summed E-state index contributed by atoms with van der Waals surface area (Å²) in [5.41, 5.74) is 14.2. The summed E-state index contributed by atoms with van der Waals surface area (Å²) in [6.07, 6.45) is 3.42. The Balaban J connectivity index is 1.36. The summed E-state index contributed by atoms with van der Waals surface area (Å²) < 4.78 is 0. The molecular weight excluding hydrogens is 478 g/mol. The Morgan fingerprint density at radius 3 is 2.69 bits per heavy atom. The molecule has 1 atom stereocenters. The van der Waals surface area contributed by atoms with Crippen LogP contribution in [0.2, 0.25) is 0 Å². The fraction of sp³-hybridized carbons (Fsp3) is 0.423. The van der Waals surface area contributed by atoms with Gasteiger partial charge in [0, 0.05) is 36.6 Å².